The Balaban J connectivity index is 2.14. The molecule has 0 fully saturated rings. The van der Waals surface area contributed by atoms with E-state index in [1.165, 1.54) is 0 Å². The maximum atomic E-state index is 12.3. The maximum Gasteiger partial charge on any atom is 0.241 e. The summed E-state index contributed by atoms with van der Waals surface area (Å²) in [6.45, 7) is 6.74. The number of benzene rings is 1. The Morgan fingerprint density at radius 1 is 1.30 bits per heavy atom. The van der Waals surface area contributed by atoms with Gasteiger partial charge in [-0.2, -0.15) is 5.10 Å². The van der Waals surface area contributed by atoms with Crippen LogP contribution in [0.4, 0.5) is 0 Å². The summed E-state index contributed by atoms with van der Waals surface area (Å²) in [6.07, 6.45) is 3.51. The van der Waals surface area contributed by atoms with Gasteiger partial charge < -0.3 is 0 Å². The summed E-state index contributed by atoms with van der Waals surface area (Å²) in [5, 5.41) is 4.12. The first-order valence-electron chi connectivity index (χ1n) is 6.50. The number of rotatable bonds is 5. The Morgan fingerprint density at radius 2 is 2.05 bits per heavy atom. The van der Waals surface area contributed by atoms with Crippen LogP contribution in [-0.4, -0.2) is 18.2 Å². The van der Waals surface area contributed by atoms with Gasteiger partial charge in [-0.05, 0) is 32.4 Å². The molecule has 108 valence electrons. The third-order valence-electron chi connectivity index (χ3n) is 3.10. The lowest BCUT2D eigenvalue weighted by Gasteiger charge is -2.09. The lowest BCUT2D eigenvalue weighted by molar-refractivity contribution is 0.580. The molecule has 1 N–H and O–H groups in total. The molecule has 0 aliphatic heterocycles. The number of nitrogens with zero attached hydrogens (tertiary/aromatic N) is 2. The monoisotopic (exact) mass is 293 g/mol. The Labute approximate surface area is 119 Å². The van der Waals surface area contributed by atoms with Crippen molar-refractivity contribution in [2.75, 3.05) is 0 Å². The highest BCUT2D eigenvalue weighted by atomic mass is 32.2. The first-order chi connectivity index (χ1) is 9.42. The number of sulfonamides is 1. The number of hydrogen-bond donors (Lipinski definition) is 1. The van der Waals surface area contributed by atoms with Crippen LogP contribution in [0.5, 0.6) is 0 Å². The quantitative estimate of drug-likeness (QED) is 0.917. The van der Waals surface area contributed by atoms with Crippen LogP contribution in [0.15, 0.2) is 35.5 Å². The molecule has 0 aliphatic rings. The highest BCUT2D eigenvalue weighted by Gasteiger charge is 2.16. The Bertz CT molecular complexity index is 705. The van der Waals surface area contributed by atoms with E-state index < -0.39 is 10.0 Å². The van der Waals surface area contributed by atoms with Crippen molar-refractivity contribution >= 4 is 10.0 Å². The fraction of sp³-hybridized carbons (Fsp3) is 0.357. The molecule has 20 heavy (non-hydrogen) atoms. The Hall–Kier alpha value is -1.66. The molecule has 2 aromatic rings. The predicted molar refractivity (Wildman–Crippen MR) is 77.8 cm³/mol. The fourth-order valence-corrected chi connectivity index (χ4v) is 3.27. The van der Waals surface area contributed by atoms with Gasteiger partial charge in [-0.25, -0.2) is 13.1 Å². The summed E-state index contributed by atoms with van der Waals surface area (Å²) < 4.78 is 28.9. The van der Waals surface area contributed by atoms with Gasteiger partial charge in [-0.1, -0.05) is 17.7 Å². The van der Waals surface area contributed by atoms with Crippen LogP contribution in [-0.2, 0) is 23.1 Å². The molecule has 0 amide bonds. The van der Waals surface area contributed by atoms with Crippen LogP contribution in [0.25, 0.3) is 0 Å². The standard InChI is InChI=1S/C14H19N3O2S/c1-4-17-10-13(8-15-17)9-16-20(18,19)14-6-5-11(2)7-12(14)3/h5-8,10,16H,4,9H2,1-3H3. The lowest BCUT2D eigenvalue weighted by Crippen LogP contribution is -2.23. The number of aromatic nitrogens is 2. The molecule has 0 saturated carbocycles. The summed E-state index contributed by atoms with van der Waals surface area (Å²) in [6, 6.07) is 5.31. The van der Waals surface area contributed by atoms with Gasteiger partial charge in [-0.3, -0.25) is 4.68 Å². The van der Waals surface area contributed by atoms with Gasteiger partial charge in [0.05, 0.1) is 11.1 Å². The number of hydrogen-bond acceptors (Lipinski definition) is 3. The molecule has 5 nitrogen and oxygen atoms in total. The SMILES string of the molecule is CCn1cc(CNS(=O)(=O)c2ccc(C)cc2C)cn1. The average Bonchev–Trinajstić information content (AvgIpc) is 2.84. The first-order valence-corrected chi connectivity index (χ1v) is 7.99. The van der Waals surface area contributed by atoms with E-state index in [1.807, 2.05) is 26.1 Å². The molecule has 0 bridgehead atoms. The zero-order chi connectivity index (χ0) is 14.8. The second-order valence-corrected chi connectivity index (χ2v) is 6.53. The predicted octanol–water partition coefficient (Wildman–Crippen LogP) is 2.00. The fourth-order valence-electron chi connectivity index (χ4n) is 2.03. The second kappa shape index (κ2) is 5.76. The van der Waals surface area contributed by atoms with Gasteiger partial charge in [0.2, 0.25) is 10.0 Å². The smallest absolute Gasteiger partial charge is 0.241 e. The summed E-state index contributed by atoms with van der Waals surface area (Å²) in [5.41, 5.74) is 2.65. The molecule has 1 aromatic carbocycles. The molecule has 0 aliphatic carbocycles. The topological polar surface area (TPSA) is 64.0 Å². The highest BCUT2D eigenvalue weighted by Crippen LogP contribution is 2.16. The Kier molecular flexibility index (Phi) is 4.25. The largest absolute Gasteiger partial charge is 0.273 e. The van der Waals surface area contributed by atoms with Crippen molar-refractivity contribution in [3.63, 3.8) is 0 Å². The molecule has 2 rings (SSSR count). The maximum absolute atomic E-state index is 12.3. The summed E-state index contributed by atoms with van der Waals surface area (Å²) in [7, 11) is -3.49. The molecule has 0 saturated heterocycles. The first kappa shape index (κ1) is 14.7. The highest BCUT2D eigenvalue weighted by molar-refractivity contribution is 7.89. The average molecular weight is 293 g/mol. The Morgan fingerprint density at radius 3 is 2.65 bits per heavy atom. The molecule has 1 aromatic heterocycles. The number of nitrogens with one attached hydrogen (secondary N) is 1. The molecular weight excluding hydrogens is 274 g/mol. The molecule has 6 heteroatoms. The second-order valence-electron chi connectivity index (χ2n) is 4.80. The summed E-state index contributed by atoms with van der Waals surface area (Å²) >= 11 is 0. The van der Waals surface area contributed by atoms with E-state index in [0.29, 0.717) is 4.90 Å². The van der Waals surface area contributed by atoms with Gasteiger partial charge >= 0.3 is 0 Å². The van der Waals surface area contributed by atoms with Crippen molar-refractivity contribution in [3.8, 4) is 0 Å². The van der Waals surface area contributed by atoms with Crippen LogP contribution in [0, 0.1) is 13.8 Å². The van der Waals surface area contributed by atoms with E-state index in [4.69, 9.17) is 0 Å². The van der Waals surface area contributed by atoms with Gasteiger partial charge in [0, 0.05) is 24.8 Å². The van der Waals surface area contributed by atoms with Crippen molar-refractivity contribution in [1.29, 1.82) is 0 Å². The summed E-state index contributed by atoms with van der Waals surface area (Å²) in [5.74, 6) is 0. The van der Waals surface area contributed by atoms with Crippen LogP contribution >= 0.6 is 0 Å². The third kappa shape index (κ3) is 3.26. The molecule has 0 atom stereocenters. The third-order valence-corrected chi connectivity index (χ3v) is 4.66. The molecule has 0 spiro atoms. The van der Waals surface area contributed by atoms with Gasteiger partial charge in [0.25, 0.3) is 0 Å². The molecule has 1 heterocycles. The zero-order valence-corrected chi connectivity index (χ0v) is 12.7. The van der Waals surface area contributed by atoms with E-state index >= 15 is 0 Å². The zero-order valence-electron chi connectivity index (χ0n) is 11.9. The number of aryl methyl sites for hydroxylation is 3. The van der Waals surface area contributed by atoms with E-state index in [2.05, 4.69) is 9.82 Å². The van der Waals surface area contributed by atoms with E-state index in [-0.39, 0.29) is 6.54 Å². The van der Waals surface area contributed by atoms with Crippen LogP contribution in [0.3, 0.4) is 0 Å². The van der Waals surface area contributed by atoms with Crippen LogP contribution in [0.2, 0.25) is 0 Å². The molecular formula is C14H19N3O2S. The van der Waals surface area contributed by atoms with E-state index in [0.717, 1.165) is 23.2 Å². The van der Waals surface area contributed by atoms with Crippen molar-refractivity contribution in [1.82, 2.24) is 14.5 Å². The van der Waals surface area contributed by atoms with Gasteiger partial charge in [0.1, 0.15) is 0 Å². The molecule has 0 unspecified atom stereocenters. The van der Waals surface area contributed by atoms with Crippen molar-refractivity contribution in [2.24, 2.45) is 0 Å². The van der Waals surface area contributed by atoms with E-state index in [1.54, 1.807) is 29.9 Å². The van der Waals surface area contributed by atoms with Crippen LogP contribution < -0.4 is 4.72 Å². The van der Waals surface area contributed by atoms with E-state index in [9.17, 15) is 8.42 Å². The summed E-state index contributed by atoms with van der Waals surface area (Å²) in [4.78, 5) is 0.325. The van der Waals surface area contributed by atoms with Crippen molar-refractivity contribution in [2.45, 2.75) is 38.8 Å². The van der Waals surface area contributed by atoms with Crippen molar-refractivity contribution < 1.29 is 8.42 Å². The minimum atomic E-state index is -3.49. The minimum absolute atomic E-state index is 0.246. The van der Waals surface area contributed by atoms with Gasteiger partial charge in [0.15, 0.2) is 0 Å². The van der Waals surface area contributed by atoms with Crippen LogP contribution in [0.1, 0.15) is 23.6 Å². The van der Waals surface area contributed by atoms with Gasteiger partial charge in [-0.15, -0.1) is 0 Å². The molecule has 0 radical (unpaired) electrons. The minimum Gasteiger partial charge on any atom is -0.273 e. The lowest BCUT2D eigenvalue weighted by atomic mass is 10.2. The normalized spacial score (nSPS) is 11.8. The van der Waals surface area contributed by atoms with Crippen molar-refractivity contribution in [3.05, 3.63) is 47.3 Å².